The van der Waals surface area contributed by atoms with Crippen LogP contribution in [0.4, 0.5) is 10.1 Å². The number of aryl methyl sites for hydroxylation is 1. The lowest BCUT2D eigenvalue weighted by Gasteiger charge is -2.33. The molecular weight excluding hydrogens is 683 g/mol. The zero-order valence-corrected chi connectivity index (χ0v) is 29.7. The molecule has 2 fully saturated rings. The van der Waals surface area contributed by atoms with E-state index in [0.29, 0.717) is 39.9 Å². The first kappa shape index (κ1) is 32.9. The maximum Gasteiger partial charge on any atom is 0.278 e. The van der Waals surface area contributed by atoms with Crippen LogP contribution < -0.4 is 14.8 Å². The summed E-state index contributed by atoms with van der Waals surface area (Å²) in [5.41, 5.74) is 6.23. The minimum Gasteiger partial charge on any atom is -0.444 e. The molecule has 10 nitrogen and oxygen atoms in total. The van der Waals surface area contributed by atoms with Gasteiger partial charge in [0.1, 0.15) is 11.6 Å². The average Bonchev–Trinajstić information content (AvgIpc) is 3.78. The standard InChI is InChI=1S/C40H38ClFN6O4/c1-23-30-20-27(8-10-33(30)46-45-23)43-39(49)25-6-11-35-34(18-25)44-37(48(35)21-28-14-17-50-28)22-47-15-12-24(13-16-47)29-4-3-5-36-38(29)52-40(2,51-36)31-9-7-26(41)19-32(31)42/h3-11,18-20,24,28H,12-17,21-22H2,1-2H3,(H,43,49)(H,45,46). The molecule has 3 aliphatic rings. The first-order valence-corrected chi connectivity index (χ1v) is 18.1. The fourth-order valence-corrected chi connectivity index (χ4v) is 7.89. The van der Waals surface area contributed by atoms with Gasteiger partial charge in [0.15, 0.2) is 11.5 Å². The summed E-state index contributed by atoms with van der Waals surface area (Å²) in [7, 11) is 0. The van der Waals surface area contributed by atoms with Crippen LogP contribution in [0.5, 0.6) is 11.5 Å². The van der Waals surface area contributed by atoms with Crippen LogP contribution in [0.15, 0.2) is 72.8 Å². The number of H-pyrrole nitrogens is 1. The predicted molar refractivity (Wildman–Crippen MR) is 197 cm³/mol. The Balaban J connectivity index is 0.911. The fourth-order valence-electron chi connectivity index (χ4n) is 7.74. The van der Waals surface area contributed by atoms with Gasteiger partial charge in [0.05, 0.1) is 41.3 Å². The molecule has 3 aliphatic heterocycles. The minimum absolute atomic E-state index is 0.153. The van der Waals surface area contributed by atoms with E-state index in [1.165, 1.54) is 6.07 Å². The van der Waals surface area contributed by atoms with Gasteiger partial charge < -0.3 is 24.1 Å². The number of rotatable bonds is 8. The third-order valence-electron chi connectivity index (χ3n) is 10.7. The van der Waals surface area contributed by atoms with E-state index < -0.39 is 11.6 Å². The second-order valence-corrected chi connectivity index (χ2v) is 14.6. The zero-order valence-electron chi connectivity index (χ0n) is 28.9. The molecule has 52 heavy (non-hydrogen) atoms. The Hall–Kier alpha value is -4.97. The Labute approximate surface area is 304 Å². The van der Waals surface area contributed by atoms with E-state index in [2.05, 4.69) is 31.0 Å². The molecule has 2 aromatic heterocycles. The van der Waals surface area contributed by atoms with Crippen molar-refractivity contribution in [2.24, 2.45) is 0 Å². The highest BCUT2D eigenvalue weighted by atomic mass is 35.5. The van der Waals surface area contributed by atoms with Crippen LogP contribution in [0.2, 0.25) is 5.02 Å². The summed E-state index contributed by atoms with van der Waals surface area (Å²) in [6, 6.07) is 21.9. The number of likely N-dealkylation sites (tertiary alicyclic amines) is 1. The van der Waals surface area contributed by atoms with Gasteiger partial charge in [-0.25, -0.2) is 9.37 Å². The van der Waals surface area contributed by atoms with Crippen molar-refractivity contribution in [3.8, 4) is 11.5 Å². The predicted octanol–water partition coefficient (Wildman–Crippen LogP) is 8.08. The third kappa shape index (κ3) is 5.96. The molecule has 5 heterocycles. The Morgan fingerprint density at radius 2 is 1.88 bits per heavy atom. The summed E-state index contributed by atoms with van der Waals surface area (Å²) in [6.07, 6.45) is 3.02. The number of ether oxygens (including phenoxy) is 3. The summed E-state index contributed by atoms with van der Waals surface area (Å²) in [4.78, 5) is 20.9. The maximum absolute atomic E-state index is 14.9. The van der Waals surface area contributed by atoms with Gasteiger partial charge in [0, 0.05) is 46.4 Å². The van der Waals surface area contributed by atoms with Crippen molar-refractivity contribution >= 4 is 45.1 Å². The number of aromatic nitrogens is 4. The number of nitrogens with one attached hydrogen (secondary N) is 2. The lowest BCUT2D eigenvalue weighted by Crippen LogP contribution is -2.35. The van der Waals surface area contributed by atoms with Crippen molar-refractivity contribution < 1.29 is 23.4 Å². The van der Waals surface area contributed by atoms with Gasteiger partial charge in [-0.15, -0.1) is 0 Å². The second kappa shape index (κ2) is 12.9. The number of carbonyl (C=O) groups is 1. The summed E-state index contributed by atoms with van der Waals surface area (Å²) < 4.78 is 35.7. The lowest BCUT2D eigenvalue weighted by atomic mass is 9.88. The van der Waals surface area contributed by atoms with Crippen molar-refractivity contribution in [3.63, 3.8) is 0 Å². The summed E-state index contributed by atoms with van der Waals surface area (Å²) in [6.45, 7) is 7.62. The number of fused-ring (bicyclic) bond motifs is 3. The van der Waals surface area contributed by atoms with E-state index in [1.54, 1.807) is 19.1 Å². The van der Waals surface area contributed by atoms with Gasteiger partial charge in [-0.05, 0) is 106 Å². The van der Waals surface area contributed by atoms with Gasteiger partial charge in [0.2, 0.25) is 0 Å². The molecule has 12 heteroatoms. The summed E-state index contributed by atoms with van der Waals surface area (Å²) >= 11 is 6.01. The first-order valence-electron chi connectivity index (χ1n) is 17.8. The Kier molecular flexibility index (Phi) is 8.17. The van der Waals surface area contributed by atoms with Crippen LogP contribution >= 0.6 is 11.6 Å². The van der Waals surface area contributed by atoms with E-state index in [9.17, 15) is 9.18 Å². The summed E-state index contributed by atoms with van der Waals surface area (Å²) in [5.74, 6) is 0.566. The molecule has 0 saturated carbocycles. The fraction of sp³-hybridized carbons (Fsp3) is 0.325. The normalized spacial score (nSPS) is 20.4. The third-order valence-corrected chi connectivity index (χ3v) is 10.9. The first-order chi connectivity index (χ1) is 25.2. The van der Waals surface area contributed by atoms with Crippen molar-refractivity contribution in [2.75, 3.05) is 25.0 Å². The number of carbonyl (C=O) groups excluding carboxylic acids is 1. The van der Waals surface area contributed by atoms with Crippen LogP contribution in [0.1, 0.15) is 65.1 Å². The Morgan fingerprint density at radius 3 is 2.67 bits per heavy atom. The Morgan fingerprint density at radius 1 is 1.04 bits per heavy atom. The highest BCUT2D eigenvalue weighted by molar-refractivity contribution is 6.30. The number of anilines is 1. The highest BCUT2D eigenvalue weighted by Gasteiger charge is 2.43. The van der Waals surface area contributed by atoms with E-state index in [1.807, 2.05) is 55.5 Å². The van der Waals surface area contributed by atoms with Crippen LogP contribution in [0, 0.1) is 12.7 Å². The van der Waals surface area contributed by atoms with Crippen LogP contribution in [0.3, 0.4) is 0 Å². The molecule has 266 valence electrons. The smallest absolute Gasteiger partial charge is 0.278 e. The molecule has 0 aliphatic carbocycles. The molecule has 2 unspecified atom stereocenters. The van der Waals surface area contributed by atoms with Gasteiger partial charge in [-0.1, -0.05) is 23.7 Å². The number of aromatic amines is 1. The van der Waals surface area contributed by atoms with Gasteiger partial charge in [-0.2, -0.15) is 5.10 Å². The van der Waals surface area contributed by atoms with Crippen LogP contribution in [-0.2, 0) is 23.6 Å². The number of amides is 1. The second-order valence-electron chi connectivity index (χ2n) is 14.2. The molecule has 6 aromatic rings. The van der Waals surface area contributed by atoms with E-state index in [-0.39, 0.29) is 17.9 Å². The number of halogens is 2. The van der Waals surface area contributed by atoms with Crippen LogP contribution in [-0.4, -0.2) is 56.4 Å². The van der Waals surface area contributed by atoms with Gasteiger partial charge >= 0.3 is 0 Å². The molecule has 2 atom stereocenters. The molecule has 4 aromatic carbocycles. The maximum atomic E-state index is 14.9. The topological polar surface area (TPSA) is 107 Å². The summed E-state index contributed by atoms with van der Waals surface area (Å²) in [5, 5.41) is 11.6. The number of para-hydroxylation sites is 1. The number of hydrogen-bond acceptors (Lipinski definition) is 7. The van der Waals surface area contributed by atoms with Gasteiger partial charge in [0.25, 0.3) is 11.7 Å². The molecule has 2 N–H and O–H groups in total. The average molecular weight is 721 g/mol. The quantitative estimate of drug-likeness (QED) is 0.164. The van der Waals surface area contributed by atoms with Crippen molar-refractivity contribution in [2.45, 2.75) is 64.0 Å². The lowest BCUT2D eigenvalue weighted by molar-refractivity contribution is -0.0712. The van der Waals surface area contributed by atoms with E-state index in [4.69, 9.17) is 30.8 Å². The molecule has 0 radical (unpaired) electrons. The van der Waals surface area contributed by atoms with Crippen molar-refractivity contribution in [1.82, 2.24) is 24.6 Å². The minimum atomic E-state index is -1.29. The zero-order chi connectivity index (χ0) is 35.6. The molecular formula is C40H38ClFN6O4. The van der Waals surface area contributed by atoms with Gasteiger partial charge in [-0.3, -0.25) is 14.8 Å². The molecule has 0 bridgehead atoms. The number of imidazole rings is 1. The molecule has 9 rings (SSSR count). The molecule has 2 saturated heterocycles. The molecule has 1 amide bonds. The van der Waals surface area contributed by atoms with E-state index >= 15 is 0 Å². The molecule has 0 spiro atoms. The largest absolute Gasteiger partial charge is 0.444 e. The van der Waals surface area contributed by atoms with E-state index in [0.717, 1.165) is 84.5 Å². The number of nitrogens with zero attached hydrogens (tertiary/aromatic N) is 4. The highest BCUT2D eigenvalue weighted by Crippen LogP contribution is 2.50. The number of hydrogen-bond donors (Lipinski definition) is 2. The van der Waals surface area contributed by atoms with Crippen LogP contribution in [0.25, 0.3) is 21.9 Å². The van der Waals surface area contributed by atoms with Crippen molar-refractivity contribution in [3.05, 3.63) is 112 Å². The monoisotopic (exact) mass is 720 g/mol. The SMILES string of the molecule is Cc1[nH]nc2ccc(NC(=O)c3ccc4c(c3)nc(CN3CCC(c5cccc6c5OC(C)(c5ccc(Cl)cc5F)O6)CC3)n4CC3CCO3)cc12. The Bertz CT molecular complexity index is 2350. The number of benzene rings is 4. The van der Waals surface area contributed by atoms with Crippen molar-refractivity contribution in [1.29, 1.82) is 0 Å². The number of piperidine rings is 1.